The molecule has 4 aliphatic rings. The number of carbonyl (C=O) groups excluding carboxylic acids is 3. The number of hydrogen-bond acceptors (Lipinski definition) is 6. The van der Waals surface area contributed by atoms with Crippen LogP contribution < -0.4 is 5.32 Å². The number of amides is 1. The number of carbonyl (C=O) groups is 3. The van der Waals surface area contributed by atoms with Crippen molar-refractivity contribution in [1.82, 2.24) is 5.32 Å². The summed E-state index contributed by atoms with van der Waals surface area (Å²) in [5.41, 5.74) is 0.124. The summed E-state index contributed by atoms with van der Waals surface area (Å²) in [5.74, 6) is 2.19. The number of hydrogen-bond donors (Lipinski definition) is 2. The molecule has 0 saturated heterocycles. The summed E-state index contributed by atoms with van der Waals surface area (Å²) in [5, 5.41) is 3.01. The van der Waals surface area contributed by atoms with Gasteiger partial charge in [-0.1, -0.05) is 20.8 Å². The molecule has 9 heteroatoms. The molecule has 1 aromatic rings. The molecule has 0 aliphatic heterocycles. The Labute approximate surface area is 230 Å². The van der Waals surface area contributed by atoms with E-state index in [-0.39, 0.29) is 44.7 Å². The van der Waals surface area contributed by atoms with Crippen LogP contribution in [0.2, 0.25) is 0 Å². The van der Waals surface area contributed by atoms with E-state index in [1.807, 2.05) is 6.92 Å². The van der Waals surface area contributed by atoms with Crippen LogP contribution in [0.3, 0.4) is 0 Å². The SMILES string of the molecule is CC(NC(=O)C[C@@H](C)C1CC[C@H]2[C@@H]3C(=O)C[C@@H]4CC(=O)CC[C@]4(C)[C@H]3CC[C@]12C)c1ccc(S(=O)(=O)O)s1. The zero-order valence-corrected chi connectivity index (χ0v) is 24.5. The molecule has 1 aromatic heterocycles. The van der Waals surface area contributed by atoms with Gasteiger partial charge in [-0.05, 0) is 91.6 Å². The molecule has 210 valence electrons. The molecule has 7 nitrogen and oxygen atoms in total. The largest absolute Gasteiger partial charge is 0.349 e. The van der Waals surface area contributed by atoms with Gasteiger partial charge in [-0.25, -0.2) is 0 Å². The maximum Gasteiger partial charge on any atom is 0.304 e. The maximum atomic E-state index is 13.6. The van der Waals surface area contributed by atoms with Crippen molar-refractivity contribution in [2.45, 2.75) is 95.7 Å². The Bertz CT molecular complexity index is 1240. The molecular weight excluding hydrogens is 522 g/mol. The standard InChI is InChI=1S/C29H41NO6S2/c1-16(13-25(33)30-17(2)24-7-8-26(37-24)38(34,35)36)20-5-6-21-27-22(10-12-29(20,21)4)28(3)11-9-19(31)14-18(28)15-23(27)32/h7-8,16-18,20-22,27H,5-6,9-15H2,1-4H3,(H,30,33)(H,34,35,36)/t16-,17?,18+,20?,21+,22+,27+,28+,29-/m1/s1. The van der Waals surface area contributed by atoms with Crippen molar-refractivity contribution in [3.05, 3.63) is 17.0 Å². The highest BCUT2D eigenvalue weighted by Gasteiger charge is 2.63. The van der Waals surface area contributed by atoms with Crippen molar-refractivity contribution >= 4 is 38.9 Å². The van der Waals surface area contributed by atoms with Gasteiger partial charge >= 0.3 is 10.1 Å². The summed E-state index contributed by atoms with van der Waals surface area (Å²) in [4.78, 5) is 39.4. The average molecular weight is 564 g/mol. The highest BCUT2D eigenvalue weighted by atomic mass is 32.3. The molecule has 9 atom stereocenters. The Morgan fingerprint density at radius 1 is 1.08 bits per heavy atom. The second-order valence-corrected chi connectivity index (χ2v) is 15.9. The predicted octanol–water partition coefficient (Wildman–Crippen LogP) is 5.61. The Hall–Kier alpha value is -1.58. The van der Waals surface area contributed by atoms with Gasteiger partial charge in [0.05, 0.1) is 6.04 Å². The van der Waals surface area contributed by atoms with E-state index in [1.165, 1.54) is 6.07 Å². The first kappa shape index (κ1) is 28.0. The predicted molar refractivity (Wildman–Crippen MR) is 145 cm³/mol. The van der Waals surface area contributed by atoms with Gasteiger partial charge in [-0.2, -0.15) is 8.42 Å². The topological polar surface area (TPSA) is 118 Å². The summed E-state index contributed by atoms with van der Waals surface area (Å²) >= 11 is 0.963. The molecular formula is C29H41NO6S2. The third-order valence-corrected chi connectivity index (χ3v) is 13.8. The third kappa shape index (κ3) is 4.70. The van der Waals surface area contributed by atoms with Gasteiger partial charge in [0.25, 0.3) is 0 Å². The van der Waals surface area contributed by atoms with E-state index in [0.29, 0.717) is 59.9 Å². The van der Waals surface area contributed by atoms with Crippen LogP contribution in [0.15, 0.2) is 16.3 Å². The van der Waals surface area contributed by atoms with E-state index in [1.54, 1.807) is 6.07 Å². The first-order chi connectivity index (χ1) is 17.7. The minimum atomic E-state index is -4.25. The number of nitrogens with one attached hydrogen (secondary N) is 1. The monoisotopic (exact) mass is 563 g/mol. The smallest absolute Gasteiger partial charge is 0.304 e. The molecule has 2 unspecified atom stereocenters. The Morgan fingerprint density at radius 2 is 1.79 bits per heavy atom. The van der Waals surface area contributed by atoms with E-state index in [9.17, 15) is 27.4 Å². The van der Waals surface area contributed by atoms with Gasteiger partial charge in [0.15, 0.2) is 0 Å². The molecule has 0 aromatic carbocycles. The fourth-order valence-electron chi connectivity index (χ4n) is 9.21. The fraction of sp³-hybridized carbons (Fsp3) is 0.759. The van der Waals surface area contributed by atoms with E-state index < -0.39 is 10.1 Å². The number of rotatable bonds is 6. The van der Waals surface area contributed by atoms with Crippen molar-refractivity contribution in [3.8, 4) is 0 Å². The lowest BCUT2D eigenvalue weighted by atomic mass is 9.44. The molecule has 4 saturated carbocycles. The van der Waals surface area contributed by atoms with Gasteiger partial charge in [0.2, 0.25) is 5.91 Å². The molecule has 4 aliphatic carbocycles. The highest BCUT2D eigenvalue weighted by Crippen LogP contribution is 2.67. The molecule has 1 heterocycles. The Kier molecular flexibility index (Phi) is 7.22. The van der Waals surface area contributed by atoms with E-state index in [4.69, 9.17) is 0 Å². The van der Waals surface area contributed by atoms with Gasteiger partial charge in [0.1, 0.15) is 15.8 Å². The molecule has 2 N–H and O–H groups in total. The van der Waals surface area contributed by atoms with Crippen LogP contribution in [0.4, 0.5) is 0 Å². The van der Waals surface area contributed by atoms with Crippen LogP contribution in [0.25, 0.3) is 0 Å². The number of fused-ring (bicyclic) bond motifs is 5. The van der Waals surface area contributed by atoms with Crippen LogP contribution in [0.5, 0.6) is 0 Å². The van der Waals surface area contributed by atoms with Crippen LogP contribution in [-0.4, -0.2) is 30.4 Å². The number of Topliss-reactive ketones (excluding diaryl/α,β-unsaturated/α-hetero) is 2. The summed E-state index contributed by atoms with van der Waals surface area (Å²) in [6, 6.07) is 2.63. The number of thiophene rings is 1. The van der Waals surface area contributed by atoms with Crippen molar-refractivity contribution in [3.63, 3.8) is 0 Å². The van der Waals surface area contributed by atoms with Crippen molar-refractivity contribution < 1.29 is 27.4 Å². The minimum Gasteiger partial charge on any atom is -0.349 e. The van der Waals surface area contributed by atoms with Gasteiger partial charge in [-0.15, -0.1) is 11.3 Å². The van der Waals surface area contributed by atoms with E-state index in [2.05, 4.69) is 26.1 Å². The third-order valence-electron chi connectivity index (χ3n) is 11.2. The average Bonchev–Trinajstić information content (AvgIpc) is 3.45. The van der Waals surface area contributed by atoms with Gasteiger partial charge in [-0.3, -0.25) is 18.9 Å². The van der Waals surface area contributed by atoms with Crippen LogP contribution >= 0.6 is 11.3 Å². The van der Waals surface area contributed by atoms with Crippen molar-refractivity contribution in [2.75, 3.05) is 0 Å². The molecule has 0 bridgehead atoms. The molecule has 5 rings (SSSR count). The zero-order valence-electron chi connectivity index (χ0n) is 22.9. The van der Waals surface area contributed by atoms with Gasteiger partial charge in [0, 0.05) is 36.5 Å². The normalized spacial score (nSPS) is 38.6. The summed E-state index contributed by atoms with van der Waals surface area (Å²) in [6.07, 6.45) is 7.26. The second kappa shape index (κ2) is 9.81. The van der Waals surface area contributed by atoms with Crippen LogP contribution in [0.1, 0.15) is 96.4 Å². The Balaban J connectivity index is 1.25. The quantitative estimate of drug-likeness (QED) is 0.435. The van der Waals surface area contributed by atoms with E-state index in [0.717, 1.165) is 43.4 Å². The molecule has 4 fully saturated rings. The van der Waals surface area contributed by atoms with Crippen LogP contribution in [-0.2, 0) is 24.5 Å². The first-order valence-corrected chi connectivity index (χ1v) is 16.4. The lowest BCUT2D eigenvalue weighted by Crippen LogP contribution is -2.57. The Morgan fingerprint density at radius 3 is 2.47 bits per heavy atom. The van der Waals surface area contributed by atoms with Gasteiger partial charge < -0.3 is 5.32 Å². The minimum absolute atomic E-state index is 0.0357. The summed E-state index contributed by atoms with van der Waals surface area (Å²) in [7, 11) is -4.25. The van der Waals surface area contributed by atoms with Crippen molar-refractivity contribution in [2.24, 2.45) is 46.3 Å². The summed E-state index contributed by atoms with van der Waals surface area (Å²) in [6.45, 7) is 8.68. The zero-order chi connectivity index (χ0) is 27.6. The number of ketones is 2. The molecule has 1 amide bonds. The first-order valence-electron chi connectivity index (χ1n) is 14.1. The molecule has 0 radical (unpaired) electrons. The lowest BCUT2D eigenvalue weighted by Gasteiger charge is -2.59. The fourth-order valence-corrected chi connectivity index (χ4v) is 10.9. The highest BCUT2D eigenvalue weighted by molar-refractivity contribution is 7.88. The van der Waals surface area contributed by atoms with E-state index >= 15 is 0 Å². The van der Waals surface area contributed by atoms with Crippen molar-refractivity contribution in [1.29, 1.82) is 0 Å². The van der Waals surface area contributed by atoms with Crippen LogP contribution in [0, 0.1) is 46.3 Å². The lowest BCUT2D eigenvalue weighted by molar-refractivity contribution is -0.159. The molecule has 38 heavy (non-hydrogen) atoms. The second-order valence-electron chi connectivity index (χ2n) is 13.2. The molecule has 0 spiro atoms. The summed E-state index contributed by atoms with van der Waals surface area (Å²) < 4.78 is 31.9. The maximum absolute atomic E-state index is 13.6.